The molecule has 1 N–H and O–H groups in total. The zero-order valence-electron chi connectivity index (χ0n) is 9.56. The Morgan fingerprint density at radius 2 is 1.65 bits per heavy atom. The van der Waals surface area contributed by atoms with Gasteiger partial charge in [-0.05, 0) is 26.0 Å². The molecule has 1 aromatic carbocycles. The normalized spacial score (nSPS) is 10.2. The zero-order chi connectivity index (χ0) is 13.0. The summed E-state index contributed by atoms with van der Waals surface area (Å²) in [5.74, 6) is 0. The van der Waals surface area contributed by atoms with Gasteiger partial charge in [0.25, 0.3) is 0 Å². The summed E-state index contributed by atoms with van der Waals surface area (Å²) in [6.07, 6.45) is 0. The highest BCUT2D eigenvalue weighted by Crippen LogP contribution is 2.32. The van der Waals surface area contributed by atoms with Gasteiger partial charge in [-0.3, -0.25) is 0 Å². The number of urea groups is 1. The fraction of sp³-hybridized carbons (Fsp3) is 0.364. The first kappa shape index (κ1) is 14.4. The maximum atomic E-state index is 11.8. The molecule has 0 aliphatic carbocycles. The van der Waals surface area contributed by atoms with Gasteiger partial charge in [0.1, 0.15) is 0 Å². The standard InChI is InChI=1S/C11H13Cl3N2O/c1-3-16(4-2)11(17)15-10-6-8(13)7(12)5-9(10)14/h5-6H,3-4H2,1-2H3,(H,15,17). The van der Waals surface area contributed by atoms with E-state index in [0.717, 1.165) is 0 Å². The van der Waals surface area contributed by atoms with Gasteiger partial charge >= 0.3 is 6.03 Å². The number of nitrogens with zero attached hydrogens (tertiary/aromatic N) is 1. The van der Waals surface area contributed by atoms with Crippen LogP contribution in [0.4, 0.5) is 10.5 Å². The molecule has 0 aliphatic rings. The van der Waals surface area contributed by atoms with Gasteiger partial charge in [0, 0.05) is 13.1 Å². The van der Waals surface area contributed by atoms with E-state index in [1.165, 1.54) is 12.1 Å². The molecule has 94 valence electrons. The lowest BCUT2D eigenvalue weighted by Gasteiger charge is -2.19. The van der Waals surface area contributed by atoms with E-state index in [1.807, 2.05) is 13.8 Å². The molecule has 0 radical (unpaired) electrons. The molecule has 2 amide bonds. The van der Waals surface area contributed by atoms with E-state index in [2.05, 4.69) is 5.32 Å². The molecular weight excluding hydrogens is 282 g/mol. The molecule has 0 heterocycles. The van der Waals surface area contributed by atoms with E-state index in [-0.39, 0.29) is 6.03 Å². The van der Waals surface area contributed by atoms with Gasteiger partial charge in [-0.25, -0.2) is 4.79 Å². The maximum absolute atomic E-state index is 11.8. The number of nitrogens with one attached hydrogen (secondary N) is 1. The molecule has 0 saturated heterocycles. The van der Waals surface area contributed by atoms with Crippen LogP contribution in [-0.4, -0.2) is 24.0 Å². The molecule has 0 aromatic heterocycles. The molecule has 0 unspecified atom stereocenters. The number of amides is 2. The highest BCUT2D eigenvalue weighted by Gasteiger charge is 2.12. The van der Waals surface area contributed by atoms with Crippen molar-refractivity contribution >= 4 is 46.5 Å². The first-order valence-electron chi connectivity index (χ1n) is 5.20. The summed E-state index contributed by atoms with van der Waals surface area (Å²) in [6, 6.07) is 2.83. The van der Waals surface area contributed by atoms with E-state index in [1.54, 1.807) is 4.90 Å². The van der Waals surface area contributed by atoms with Crippen molar-refractivity contribution in [3.05, 3.63) is 27.2 Å². The van der Waals surface area contributed by atoms with Crippen molar-refractivity contribution in [1.82, 2.24) is 4.90 Å². The highest BCUT2D eigenvalue weighted by atomic mass is 35.5. The van der Waals surface area contributed by atoms with Crippen LogP contribution in [0, 0.1) is 0 Å². The van der Waals surface area contributed by atoms with E-state index in [4.69, 9.17) is 34.8 Å². The van der Waals surface area contributed by atoms with E-state index in [0.29, 0.717) is 33.8 Å². The molecule has 0 bridgehead atoms. The lowest BCUT2D eigenvalue weighted by molar-refractivity contribution is 0.217. The summed E-state index contributed by atoms with van der Waals surface area (Å²) >= 11 is 17.6. The molecule has 3 nitrogen and oxygen atoms in total. The molecule has 0 aliphatic heterocycles. The van der Waals surface area contributed by atoms with E-state index >= 15 is 0 Å². The van der Waals surface area contributed by atoms with Crippen molar-refractivity contribution in [2.75, 3.05) is 18.4 Å². The quantitative estimate of drug-likeness (QED) is 0.817. The minimum Gasteiger partial charge on any atom is -0.325 e. The molecule has 6 heteroatoms. The van der Waals surface area contributed by atoms with Crippen molar-refractivity contribution in [2.24, 2.45) is 0 Å². The van der Waals surface area contributed by atoms with Crippen LogP contribution in [0.3, 0.4) is 0 Å². The van der Waals surface area contributed by atoms with Crippen LogP contribution in [0.15, 0.2) is 12.1 Å². The number of halogens is 3. The van der Waals surface area contributed by atoms with E-state index < -0.39 is 0 Å². The maximum Gasteiger partial charge on any atom is 0.321 e. The highest BCUT2D eigenvalue weighted by molar-refractivity contribution is 6.44. The Labute approximate surface area is 116 Å². The van der Waals surface area contributed by atoms with Crippen LogP contribution in [0.5, 0.6) is 0 Å². The van der Waals surface area contributed by atoms with Crippen molar-refractivity contribution in [3.8, 4) is 0 Å². The Balaban J connectivity index is 2.88. The van der Waals surface area contributed by atoms with E-state index in [9.17, 15) is 4.79 Å². The van der Waals surface area contributed by atoms with Crippen LogP contribution < -0.4 is 5.32 Å². The molecule has 0 fully saturated rings. The average molecular weight is 296 g/mol. The SMILES string of the molecule is CCN(CC)C(=O)Nc1cc(Cl)c(Cl)cc1Cl. The van der Waals surface area contributed by atoms with Crippen molar-refractivity contribution < 1.29 is 4.79 Å². The van der Waals surface area contributed by atoms with Crippen molar-refractivity contribution in [2.45, 2.75) is 13.8 Å². The fourth-order valence-corrected chi connectivity index (χ4v) is 1.92. The molecule has 1 rings (SSSR count). The molecule has 0 spiro atoms. The van der Waals surface area contributed by atoms with Gasteiger partial charge in [-0.15, -0.1) is 0 Å². The van der Waals surface area contributed by atoms with Crippen LogP contribution >= 0.6 is 34.8 Å². The largest absolute Gasteiger partial charge is 0.325 e. The van der Waals surface area contributed by atoms with Gasteiger partial charge in [0.2, 0.25) is 0 Å². The number of rotatable bonds is 3. The fourth-order valence-electron chi connectivity index (χ4n) is 1.32. The Morgan fingerprint density at radius 1 is 1.12 bits per heavy atom. The Kier molecular flexibility index (Phi) is 5.37. The first-order valence-corrected chi connectivity index (χ1v) is 6.33. The second-order valence-electron chi connectivity index (χ2n) is 3.35. The van der Waals surface area contributed by atoms with Gasteiger partial charge < -0.3 is 10.2 Å². The van der Waals surface area contributed by atoms with Gasteiger partial charge in [0.15, 0.2) is 0 Å². The number of hydrogen-bond acceptors (Lipinski definition) is 1. The number of hydrogen-bond donors (Lipinski definition) is 1. The molecule has 17 heavy (non-hydrogen) atoms. The molecule has 0 saturated carbocycles. The van der Waals surface area contributed by atoms with Crippen molar-refractivity contribution in [1.29, 1.82) is 0 Å². The third-order valence-electron chi connectivity index (χ3n) is 2.30. The number of carbonyl (C=O) groups is 1. The predicted molar refractivity (Wildman–Crippen MR) is 73.4 cm³/mol. The van der Waals surface area contributed by atoms with Gasteiger partial charge in [-0.2, -0.15) is 0 Å². The third kappa shape index (κ3) is 3.66. The second-order valence-corrected chi connectivity index (χ2v) is 4.57. The summed E-state index contributed by atoms with van der Waals surface area (Å²) < 4.78 is 0. The third-order valence-corrected chi connectivity index (χ3v) is 3.34. The van der Waals surface area contributed by atoms with Crippen LogP contribution in [-0.2, 0) is 0 Å². The first-order chi connectivity index (χ1) is 7.99. The van der Waals surface area contributed by atoms with Gasteiger partial charge in [0.05, 0.1) is 20.8 Å². The topological polar surface area (TPSA) is 32.3 Å². The van der Waals surface area contributed by atoms with Crippen LogP contribution in [0.2, 0.25) is 15.1 Å². The number of carbonyl (C=O) groups excluding carboxylic acids is 1. The summed E-state index contributed by atoms with van der Waals surface area (Å²) in [5, 5.41) is 3.76. The molecular formula is C11H13Cl3N2O. The average Bonchev–Trinajstić information content (AvgIpc) is 2.27. The Bertz CT molecular complexity index is 419. The second kappa shape index (κ2) is 6.34. The molecule has 1 aromatic rings. The Morgan fingerprint density at radius 3 is 2.18 bits per heavy atom. The van der Waals surface area contributed by atoms with Crippen LogP contribution in [0.1, 0.15) is 13.8 Å². The smallest absolute Gasteiger partial charge is 0.321 e. The number of anilines is 1. The van der Waals surface area contributed by atoms with Crippen LogP contribution in [0.25, 0.3) is 0 Å². The monoisotopic (exact) mass is 294 g/mol. The molecule has 0 atom stereocenters. The lowest BCUT2D eigenvalue weighted by Crippen LogP contribution is -2.34. The summed E-state index contributed by atoms with van der Waals surface area (Å²) in [4.78, 5) is 13.4. The predicted octanol–water partition coefficient (Wildman–Crippen LogP) is 4.52. The Hall–Kier alpha value is -0.640. The minimum absolute atomic E-state index is 0.213. The summed E-state index contributed by atoms with van der Waals surface area (Å²) in [6.45, 7) is 5.06. The lowest BCUT2D eigenvalue weighted by atomic mass is 10.3. The minimum atomic E-state index is -0.213. The van der Waals surface area contributed by atoms with Gasteiger partial charge in [-0.1, -0.05) is 34.8 Å². The summed E-state index contributed by atoms with van der Waals surface area (Å²) in [7, 11) is 0. The summed E-state index contributed by atoms with van der Waals surface area (Å²) in [5.41, 5.74) is 0.456. The zero-order valence-corrected chi connectivity index (χ0v) is 11.8. The van der Waals surface area contributed by atoms with Crippen molar-refractivity contribution in [3.63, 3.8) is 0 Å². The number of benzene rings is 1.